The standard InChI is InChI=1S/C17H18F3N7O2S/c1-21-30(28,29)10-4-5-12(27-6-2-3-13(27)17(18,19)20)11(7-10)26-16-14-15(23-8-22-14)24-9-25-16/h4-5,7-9,13,21H,2-3,6H2,1H3,(H2,22,23,24,25,26). The Morgan fingerprint density at radius 1 is 1.23 bits per heavy atom. The molecule has 1 unspecified atom stereocenters. The third-order valence-corrected chi connectivity index (χ3v) is 6.37. The summed E-state index contributed by atoms with van der Waals surface area (Å²) in [5, 5.41) is 2.99. The lowest BCUT2D eigenvalue weighted by Crippen LogP contribution is -2.41. The van der Waals surface area contributed by atoms with Gasteiger partial charge in [0.15, 0.2) is 11.5 Å². The molecule has 0 radical (unpaired) electrons. The van der Waals surface area contributed by atoms with Crippen LogP contribution in [-0.2, 0) is 10.0 Å². The maximum Gasteiger partial charge on any atom is 0.408 e. The van der Waals surface area contributed by atoms with E-state index in [1.54, 1.807) is 0 Å². The number of halogens is 3. The highest BCUT2D eigenvalue weighted by Gasteiger charge is 2.46. The second kappa shape index (κ2) is 7.40. The van der Waals surface area contributed by atoms with E-state index >= 15 is 0 Å². The smallest absolute Gasteiger partial charge is 0.358 e. The molecule has 30 heavy (non-hydrogen) atoms. The number of H-pyrrole nitrogens is 1. The van der Waals surface area contributed by atoms with Crippen LogP contribution in [0.4, 0.5) is 30.4 Å². The number of anilines is 3. The molecule has 0 bridgehead atoms. The van der Waals surface area contributed by atoms with Crippen LogP contribution in [0.3, 0.4) is 0 Å². The molecule has 0 saturated carbocycles. The van der Waals surface area contributed by atoms with Gasteiger partial charge in [0.2, 0.25) is 10.0 Å². The average molecular weight is 441 g/mol. The predicted molar refractivity (Wildman–Crippen MR) is 103 cm³/mol. The van der Waals surface area contributed by atoms with Crippen molar-refractivity contribution in [3.8, 4) is 11.5 Å². The molecule has 9 nitrogen and oxygen atoms in total. The highest BCUT2D eigenvalue weighted by Crippen LogP contribution is 2.41. The molecule has 160 valence electrons. The number of rotatable bonds is 5. The molecule has 3 aliphatic heterocycles. The van der Waals surface area contributed by atoms with Gasteiger partial charge in [-0.15, -0.1) is 0 Å². The zero-order chi connectivity index (χ0) is 21.5. The van der Waals surface area contributed by atoms with Crippen molar-refractivity contribution in [2.24, 2.45) is 0 Å². The Labute approximate surface area is 170 Å². The van der Waals surface area contributed by atoms with Gasteiger partial charge in [0.25, 0.3) is 0 Å². The van der Waals surface area contributed by atoms with Gasteiger partial charge in [0.05, 0.1) is 22.6 Å². The lowest BCUT2D eigenvalue weighted by molar-refractivity contribution is -0.145. The van der Waals surface area contributed by atoms with Crippen LogP contribution < -0.4 is 14.9 Å². The first-order valence-electron chi connectivity index (χ1n) is 9.03. The molecule has 3 N–H and O–H groups in total. The van der Waals surface area contributed by atoms with Crippen LogP contribution in [0.1, 0.15) is 12.8 Å². The number of aromatic nitrogens is 4. The quantitative estimate of drug-likeness (QED) is 0.557. The van der Waals surface area contributed by atoms with E-state index in [0.717, 1.165) is 0 Å². The normalized spacial score (nSPS) is 17.6. The highest BCUT2D eigenvalue weighted by molar-refractivity contribution is 7.89. The molecular weight excluding hydrogens is 423 g/mol. The molecule has 13 heteroatoms. The van der Waals surface area contributed by atoms with Crippen LogP contribution >= 0.6 is 0 Å². The molecule has 0 amide bonds. The predicted octanol–water partition coefficient (Wildman–Crippen LogP) is 2.49. The van der Waals surface area contributed by atoms with E-state index in [4.69, 9.17) is 0 Å². The Morgan fingerprint density at radius 3 is 2.77 bits per heavy atom. The largest absolute Gasteiger partial charge is 0.408 e. The van der Waals surface area contributed by atoms with E-state index < -0.39 is 22.2 Å². The van der Waals surface area contributed by atoms with E-state index in [0.29, 0.717) is 23.8 Å². The van der Waals surface area contributed by atoms with Crippen molar-refractivity contribution in [3.05, 3.63) is 30.9 Å². The van der Waals surface area contributed by atoms with Crippen LogP contribution in [0.5, 0.6) is 0 Å². The van der Waals surface area contributed by atoms with Crippen molar-refractivity contribution in [2.45, 2.75) is 30.0 Å². The van der Waals surface area contributed by atoms with Gasteiger partial charge in [-0.1, -0.05) is 0 Å². The van der Waals surface area contributed by atoms with Crippen molar-refractivity contribution < 1.29 is 21.6 Å². The maximum absolute atomic E-state index is 13.5. The third kappa shape index (κ3) is 3.65. The minimum absolute atomic E-state index is 0.0283. The Kier molecular flexibility index (Phi) is 5.02. The Hall–Kier alpha value is -2.93. The molecule has 1 atom stereocenters. The van der Waals surface area contributed by atoms with Crippen molar-refractivity contribution >= 4 is 27.2 Å². The minimum Gasteiger partial charge on any atom is -0.358 e. The number of benzene rings is 1. The monoisotopic (exact) mass is 441 g/mol. The van der Waals surface area contributed by atoms with Gasteiger partial charge < -0.3 is 15.2 Å². The van der Waals surface area contributed by atoms with Crippen LogP contribution in [-0.4, -0.2) is 54.2 Å². The summed E-state index contributed by atoms with van der Waals surface area (Å²) in [6.07, 6.45) is -1.39. The molecule has 0 aromatic heterocycles. The second-order valence-electron chi connectivity index (χ2n) is 6.73. The zero-order valence-corrected chi connectivity index (χ0v) is 16.5. The highest BCUT2D eigenvalue weighted by atomic mass is 32.2. The summed E-state index contributed by atoms with van der Waals surface area (Å²) in [4.78, 5) is 16.1. The lowest BCUT2D eigenvalue weighted by Gasteiger charge is -2.30. The number of nitrogens with zero attached hydrogens (tertiary/aromatic N) is 4. The van der Waals surface area contributed by atoms with Gasteiger partial charge in [-0.3, -0.25) is 0 Å². The van der Waals surface area contributed by atoms with E-state index in [-0.39, 0.29) is 29.2 Å². The van der Waals surface area contributed by atoms with Gasteiger partial charge >= 0.3 is 6.18 Å². The number of fused-ring (bicyclic) bond motifs is 1. The molecular formula is C17H18F3N7O2S. The first kappa shape index (κ1) is 20.3. The molecule has 0 aliphatic carbocycles. The van der Waals surface area contributed by atoms with Crippen LogP contribution in [0.15, 0.2) is 35.7 Å². The summed E-state index contributed by atoms with van der Waals surface area (Å²) < 4.78 is 67.4. The first-order chi connectivity index (χ1) is 14.2. The number of alkyl halides is 3. The fourth-order valence-electron chi connectivity index (χ4n) is 3.53. The molecule has 0 spiro atoms. The summed E-state index contributed by atoms with van der Waals surface area (Å²) >= 11 is 0. The molecule has 1 aromatic carbocycles. The minimum atomic E-state index is -4.41. The number of imidazole rings is 1. The molecule has 1 saturated heterocycles. The Morgan fingerprint density at radius 2 is 2.03 bits per heavy atom. The van der Waals surface area contributed by atoms with E-state index in [2.05, 4.69) is 30.0 Å². The van der Waals surface area contributed by atoms with Gasteiger partial charge in [0, 0.05) is 6.54 Å². The Bertz CT molecular complexity index is 1130. The molecule has 4 rings (SSSR count). The first-order valence-corrected chi connectivity index (χ1v) is 10.5. The van der Waals surface area contributed by atoms with E-state index in [1.165, 1.54) is 42.8 Å². The van der Waals surface area contributed by atoms with Crippen LogP contribution in [0.2, 0.25) is 0 Å². The lowest BCUT2D eigenvalue weighted by atomic mass is 10.2. The fourth-order valence-corrected chi connectivity index (χ4v) is 4.29. The fraction of sp³-hybridized carbons (Fsp3) is 0.353. The topological polar surface area (TPSA) is 116 Å². The Balaban J connectivity index is 1.82. The average Bonchev–Trinajstić information content (AvgIpc) is 3.37. The summed E-state index contributed by atoms with van der Waals surface area (Å²) in [5.74, 6) is 0.673. The van der Waals surface area contributed by atoms with Crippen molar-refractivity contribution in [1.29, 1.82) is 0 Å². The van der Waals surface area contributed by atoms with Crippen LogP contribution in [0.25, 0.3) is 11.5 Å². The summed E-state index contributed by atoms with van der Waals surface area (Å²) in [6, 6.07) is 2.31. The van der Waals surface area contributed by atoms with Gasteiger partial charge in [-0.25, -0.2) is 28.1 Å². The van der Waals surface area contributed by atoms with Gasteiger partial charge in [-0.2, -0.15) is 13.2 Å². The molecule has 3 aliphatic rings. The number of nitrogens with one attached hydrogen (secondary N) is 3. The van der Waals surface area contributed by atoms with Crippen molar-refractivity contribution in [3.63, 3.8) is 0 Å². The SMILES string of the molecule is CNS(=O)(=O)c1ccc(N2CCCC2C(F)(F)F)c(Nc2[nH]cnc3ncnc2-3)c1. The number of aromatic amines is 1. The van der Waals surface area contributed by atoms with Gasteiger partial charge in [0.1, 0.15) is 18.2 Å². The summed E-state index contributed by atoms with van der Waals surface area (Å²) in [5.41, 5.74) is 0.802. The number of hydrogen-bond acceptors (Lipinski definition) is 7. The summed E-state index contributed by atoms with van der Waals surface area (Å²) in [6.45, 7) is 0.197. The summed E-state index contributed by atoms with van der Waals surface area (Å²) in [7, 11) is -2.55. The molecule has 1 aromatic rings. The van der Waals surface area contributed by atoms with Crippen molar-refractivity contribution in [1.82, 2.24) is 24.7 Å². The zero-order valence-electron chi connectivity index (χ0n) is 15.7. The third-order valence-electron chi connectivity index (χ3n) is 4.96. The van der Waals surface area contributed by atoms with Crippen LogP contribution in [0, 0.1) is 0 Å². The molecule has 3 heterocycles. The number of sulfonamides is 1. The van der Waals surface area contributed by atoms with E-state index in [9.17, 15) is 21.6 Å². The maximum atomic E-state index is 13.5. The van der Waals surface area contributed by atoms with E-state index in [1.807, 2.05) is 0 Å². The second-order valence-corrected chi connectivity index (χ2v) is 8.61. The number of hydrogen-bond donors (Lipinski definition) is 3. The molecule has 1 fully saturated rings. The van der Waals surface area contributed by atoms with Gasteiger partial charge in [-0.05, 0) is 38.1 Å². The van der Waals surface area contributed by atoms with Crippen molar-refractivity contribution in [2.75, 3.05) is 23.8 Å².